The molecule has 196 valence electrons. The maximum atomic E-state index is 12.6. The van der Waals surface area contributed by atoms with E-state index in [1.165, 1.54) is 12.1 Å². The van der Waals surface area contributed by atoms with Crippen LogP contribution >= 0.6 is 0 Å². The predicted molar refractivity (Wildman–Crippen MR) is 142 cm³/mol. The first-order valence-corrected chi connectivity index (χ1v) is 12.9. The lowest BCUT2D eigenvalue weighted by atomic mass is 9.95. The van der Waals surface area contributed by atoms with E-state index in [4.69, 9.17) is 19.4 Å². The van der Waals surface area contributed by atoms with Crippen molar-refractivity contribution in [3.8, 4) is 5.75 Å². The molecule has 0 aliphatic carbocycles. The van der Waals surface area contributed by atoms with Crippen LogP contribution in [0.4, 0.5) is 10.4 Å². The fourth-order valence-corrected chi connectivity index (χ4v) is 3.74. The minimum atomic E-state index is -4.02. The van der Waals surface area contributed by atoms with Crippen LogP contribution in [0.3, 0.4) is 0 Å². The van der Waals surface area contributed by atoms with E-state index in [9.17, 15) is 12.8 Å². The number of ether oxygens (including phenoxy) is 1. The van der Waals surface area contributed by atoms with Gasteiger partial charge in [0.15, 0.2) is 5.58 Å². The molecule has 0 unspecified atom stereocenters. The van der Waals surface area contributed by atoms with Gasteiger partial charge in [0.05, 0.1) is 16.8 Å². The number of halogens is 1. The summed E-state index contributed by atoms with van der Waals surface area (Å²) in [5, 5.41) is 3.32. The van der Waals surface area contributed by atoms with Crippen LogP contribution in [0.2, 0.25) is 0 Å². The molecule has 0 saturated carbocycles. The number of nitrogens with two attached hydrogens (primary N) is 1. The Labute approximate surface area is 215 Å². The van der Waals surface area contributed by atoms with Crippen molar-refractivity contribution in [3.63, 3.8) is 0 Å². The van der Waals surface area contributed by atoms with Crippen LogP contribution < -0.4 is 15.8 Å². The van der Waals surface area contributed by atoms with E-state index in [1.54, 1.807) is 30.3 Å². The zero-order valence-electron chi connectivity index (χ0n) is 20.8. The topological polar surface area (TPSA) is 128 Å². The molecule has 0 spiro atoms. The fraction of sp³-hybridized carbons (Fsp3) is 0.222. The Balaban J connectivity index is 0.000000289. The zero-order valence-corrected chi connectivity index (χ0v) is 21.6. The Bertz CT molecular complexity index is 1450. The monoisotopic (exact) mass is 527 g/mol. The van der Waals surface area contributed by atoms with Crippen LogP contribution in [-0.4, -0.2) is 31.1 Å². The highest BCUT2D eigenvalue weighted by Gasteiger charge is 2.22. The van der Waals surface area contributed by atoms with Gasteiger partial charge in [-0.05, 0) is 50.6 Å². The Morgan fingerprint density at radius 2 is 1.81 bits per heavy atom. The molecule has 1 heterocycles. The molecule has 10 heteroatoms. The molecular weight excluding hydrogens is 497 g/mol. The number of rotatable bonds is 8. The van der Waals surface area contributed by atoms with E-state index < -0.39 is 10.1 Å². The number of oxazole rings is 1. The van der Waals surface area contributed by atoms with Crippen LogP contribution in [0, 0.1) is 6.92 Å². The van der Waals surface area contributed by atoms with Crippen molar-refractivity contribution in [2.24, 2.45) is 5.73 Å². The predicted octanol–water partition coefficient (Wildman–Crippen LogP) is 5.61. The smallest absolute Gasteiger partial charge is 0.296 e. The summed E-state index contributed by atoms with van der Waals surface area (Å²) in [5.74, 6) is 0.565. The normalized spacial score (nSPS) is 12.1. The number of nitrogens with zero attached hydrogens (tertiary/aromatic N) is 1. The molecule has 0 saturated heterocycles. The summed E-state index contributed by atoms with van der Waals surface area (Å²) in [5.41, 5.74) is 8.84. The summed E-state index contributed by atoms with van der Waals surface area (Å²) in [6.45, 7) is 6.17. The molecule has 1 aromatic heterocycles. The molecule has 8 nitrogen and oxygen atoms in total. The summed E-state index contributed by atoms with van der Waals surface area (Å²) in [4.78, 5) is 4.40. The lowest BCUT2D eigenvalue weighted by Gasteiger charge is -2.25. The van der Waals surface area contributed by atoms with Crippen molar-refractivity contribution in [1.82, 2.24) is 4.98 Å². The van der Waals surface area contributed by atoms with Gasteiger partial charge in [-0.3, -0.25) is 4.55 Å². The summed E-state index contributed by atoms with van der Waals surface area (Å²) in [7, 11) is -4.02. The van der Waals surface area contributed by atoms with Gasteiger partial charge in [0.1, 0.15) is 17.9 Å². The van der Waals surface area contributed by atoms with Gasteiger partial charge >= 0.3 is 0 Å². The van der Waals surface area contributed by atoms with E-state index in [0.717, 1.165) is 11.1 Å². The third-order valence-electron chi connectivity index (χ3n) is 5.43. The standard InChI is InChI=1S/C20H22FN3O2.C7H8O3S/c1-20(2,15-6-4-3-5-7-15)24-19-23-17-9-8-16(10-18(17)26-19)25-13-14(11-21)12-22;1-6-2-4-7(5-3-6)11(8,9)10/h3-11H,12-13,22H2,1-2H3,(H,23,24);2-5H,1H3,(H,8,9,10). The van der Waals surface area contributed by atoms with Gasteiger partial charge in [-0.15, -0.1) is 0 Å². The Morgan fingerprint density at radius 3 is 2.41 bits per heavy atom. The molecule has 0 atom stereocenters. The SMILES string of the molecule is CC(C)(Nc1nc2ccc(OCC(=CF)CN)cc2o1)c1ccccc1.Cc1ccc(S(=O)(=O)O)cc1. The zero-order chi connectivity index (χ0) is 27.1. The second-order valence-corrected chi connectivity index (χ2v) is 10.2. The molecule has 37 heavy (non-hydrogen) atoms. The minimum absolute atomic E-state index is 0.0666. The molecule has 4 N–H and O–H groups in total. The molecular formula is C27H30FN3O5S. The first-order valence-electron chi connectivity index (χ1n) is 11.4. The summed E-state index contributed by atoms with van der Waals surface area (Å²) < 4.78 is 53.5. The number of nitrogens with one attached hydrogen (secondary N) is 1. The number of fused-ring (bicyclic) bond motifs is 1. The van der Waals surface area contributed by atoms with Crippen molar-refractivity contribution >= 4 is 27.2 Å². The van der Waals surface area contributed by atoms with E-state index in [1.807, 2.05) is 25.1 Å². The highest BCUT2D eigenvalue weighted by atomic mass is 32.2. The Morgan fingerprint density at radius 1 is 1.14 bits per heavy atom. The van der Waals surface area contributed by atoms with E-state index in [2.05, 4.69) is 36.3 Å². The third-order valence-corrected chi connectivity index (χ3v) is 6.30. The van der Waals surface area contributed by atoms with Gasteiger partial charge in [-0.2, -0.15) is 13.4 Å². The minimum Gasteiger partial charge on any atom is -0.489 e. The highest BCUT2D eigenvalue weighted by Crippen LogP contribution is 2.29. The van der Waals surface area contributed by atoms with E-state index >= 15 is 0 Å². The summed E-state index contributed by atoms with van der Waals surface area (Å²) in [6.07, 6.45) is 0.473. The molecule has 0 radical (unpaired) electrons. The van der Waals surface area contributed by atoms with Crippen LogP contribution in [0.25, 0.3) is 11.1 Å². The van der Waals surface area contributed by atoms with Crippen LogP contribution in [0.1, 0.15) is 25.0 Å². The van der Waals surface area contributed by atoms with Crippen molar-refractivity contribution < 1.29 is 26.5 Å². The van der Waals surface area contributed by atoms with Crippen molar-refractivity contribution in [1.29, 1.82) is 0 Å². The van der Waals surface area contributed by atoms with Gasteiger partial charge in [0.25, 0.3) is 16.1 Å². The molecule has 0 fully saturated rings. The Kier molecular flexibility index (Phi) is 9.04. The van der Waals surface area contributed by atoms with Crippen LogP contribution in [-0.2, 0) is 15.7 Å². The largest absolute Gasteiger partial charge is 0.489 e. The molecule has 0 amide bonds. The third kappa shape index (κ3) is 7.88. The summed E-state index contributed by atoms with van der Waals surface area (Å²) >= 11 is 0. The lowest BCUT2D eigenvalue weighted by molar-refractivity contribution is 0.347. The second-order valence-electron chi connectivity index (χ2n) is 8.81. The molecule has 0 bridgehead atoms. The van der Waals surface area contributed by atoms with Crippen LogP contribution in [0.5, 0.6) is 5.75 Å². The number of benzene rings is 3. The molecule has 4 rings (SSSR count). The molecule has 0 aliphatic heterocycles. The van der Waals surface area contributed by atoms with Crippen molar-refractivity contribution in [2.45, 2.75) is 31.2 Å². The fourth-order valence-electron chi connectivity index (χ4n) is 3.26. The van der Waals surface area contributed by atoms with Gasteiger partial charge in [-0.1, -0.05) is 48.0 Å². The first-order chi connectivity index (χ1) is 17.5. The van der Waals surface area contributed by atoms with Crippen molar-refractivity contribution in [2.75, 3.05) is 18.5 Å². The summed E-state index contributed by atoms with van der Waals surface area (Å²) in [6, 6.07) is 21.8. The second kappa shape index (κ2) is 12.0. The molecule has 4 aromatic rings. The van der Waals surface area contributed by atoms with E-state index in [-0.39, 0.29) is 23.6 Å². The van der Waals surface area contributed by atoms with Crippen LogP contribution in [0.15, 0.2) is 94.0 Å². The average molecular weight is 528 g/mol. The van der Waals surface area contributed by atoms with Crippen molar-refractivity contribution in [3.05, 3.63) is 95.8 Å². The quantitative estimate of drug-likeness (QED) is 0.252. The van der Waals surface area contributed by atoms with Gasteiger partial charge in [-0.25, -0.2) is 4.39 Å². The highest BCUT2D eigenvalue weighted by molar-refractivity contribution is 7.85. The number of aromatic nitrogens is 1. The maximum Gasteiger partial charge on any atom is 0.296 e. The average Bonchev–Trinajstić information content (AvgIpc) is 3.26. The molecule has 3 aromatic carbocycles. The Hall–Kier alpha value is -3.73. The first kappa shape index (κ1) is 27.9. The lowest BCUT2D eigenvalue weighted by Crippen LogP contribution is -2.27. The number of anilines is 1. The van der Waals surface area contributed by atoms with Gasteiger partial charge in [0.2, 0.25) is 0 Å². The number of aryl methyl sites for hydroxylation is 1. The number of hydrogen-bond acceptors (Lipinski definition) is 7. The molecule has 0 aliphatic rings. The number of hydrogen-bond donors (Lipinski definition) is 3. The maximum absolute atomic E-state index is 12.6. The van der Waals surface area contributed by atoms with E-state index in [0.29, 0.717) is 34.8 Å². The van der Waals surface area contributed by atoms with Gasteiger partial charge in [0, 0.05) is 18.2 Å². The van der Waals surface area contributed by atoms with Gasteiger partial charge < -0.3 is 20.2 Å².